The molecular weight excluding hydrogens is 675 g/mol. The molecule has 280 valence electrons. The van der Waals surface area contributed by atoms with Crippen molar-refractivity contribution in [1.29, 1.82) is 0 Å². The molecule has 0 fully saturated rings. The third-order valence-corrected chi connectivity index (χ3v) is 12.0. The standard InChI is InChI=1S/C49H53BN2O3/c1-28-23-38-42-39(24-28)52(43-29(2)25-41-45(30(43)3)54-22-21-53-41)44-35-26-32(48(7,8)9)16-20-40(35)55-46(44)50(42)36-27-33(49(10,11)12)15-19-37(36)51(38)34-17-13-31(14-18-34)47(4,5)6/h13-20,23-27H,21-22H2,1-12H3. The van der Waals surface area contributed by atoms with E-state index in [0.29, 0.717) is 13.2 Å². The molecule has 0 unspecified atom stereocenters. The summed E-state index contributed by atoms with van der Waals surface area (Å²) in [6, 6.07) is 30.0. The lowest BCUT2D eigenvalue weighted by Gasteiger charge is -2.44. The van der Waals surface area contributed by atoms with Crippen LogP contribution in [0.2, 0.25) is 0 Å². The maximum absolute atomic E-state index is 7.24. The number of nitrogens with zero attached hydrogens (tertiary/aromatic N) is 2. The van der Waals surface area contributed by atoms with Gasteiger partial charge in [-0.15, -0.1) is 0 Å². The molecule has 3 aliphatic rings. The number of rotatable bonds is 2. The molecule has 0 spiro atoms. The normalized spacial score (nSPS) is 14.9. The predicted molar refractivity (Wildman–Crippen MR) is 232 cm³/mol. The fourth-order valence-electron chi connectivity index (χ4n) is 9.02. The average molecular weight is 729 g/mol. The van der Waals surface area contributed by atoms with Gasteiger partial charge in [0.15, 0.2) is 11.5 Å². The first-order valence-corrected chi connectivity index (χ1v) is 19.9. The van der Waals surface area contributed by atoms with E-state index in [0.717, 1.165) is 56.3 Å². The fraction of sp³-hybridized carbons (Fsp3) is 0.347. The van der Waals surface area contributed by atoms with Gasteiger partial charge in [-0.25, -0.2) is 0 Å². The third-order valence-electron chi connectivity index (χ3n) is 12.0. The summed E-state index contributed by atoms with van der Waals surface area (Å²) in [6.45, 7) is 28.2. The highest BCUT2D eigenvalue weighted by molar-refractivity contribution is 7.00. The fourth-order valence-corrected chi connectivity index (χ4v) is 9.02. The summed E-state index contributed by atoms with van der Waals surface area (Å²) in [5.41, 5.74) is 18.5. The lowest BCUT2D eigenvalue weighted by atomic mass is 9.35. The predicted octanol–water partition coefficient (Wildman–Crippen LogP) is 11.1. The molecule has 0 N–H and O–H groups in total. The van der Waals surface area contributed by atoms with E-state index < -0.39 is 0 Å². The van der Waals surface area contributed by atoms with Crippen molar-refractivity contribution in [2.24, 2.45) is 0 Å². The Morgan fingerprint density at radius 3 is 1.85 bits per heavy atom. The van der Waals surface area contributed by atoms with Crippen molar-refractivity contribution in [3.8, 4) is 11.5 Å². The van der Waals surface area contributed by atoms with Gasteiger partial charge >= 0.3 is 0 Å². The van der Waals surface area contributed by atoms with Crippen LogP contribution in [0, 0.1) is 20.8 Å². The molecule has 0 saturated carbocycles. The van der Waals surface area contributed by atoms with Crippen LogP contribution in [0.4, 0.5) is 34.1 Å². The van der Waals surface area contributed by atoms with Gasteiger partial charge in [0.1, 0.15) is 18.8 Å². The molecule has 1 aromatic heterocycles. The number of hydrogen-bond acceptors (Lipinski definition) is 5. The summed E-state index contributed by atoms with van der Waals surface area (Å²) in [6.07, 6.45) is 0. The summed E-state index contributed by atoms with van der Waals surface area (Å²) in [5, 5.41) is 1.12. The largest absolute Gasteiger partial charge is 0.486 e. The number of benzene rings is 5. The van der Waals surface area contributed by atoms with Crippen LogP contribution in [0.5, 0.6) is 11.5 Å². The van der Waals surface area contributed by atoms with Crippen LogP contribution < -0.4 is 35.9 Å². The molecule has 0 amide bonds. The molecule has 5 aromatic carbocycles. The zero-order valence-corrected chi connectivity index (χ0v) is 34.6. The van der Waals surface area contributed by atoms with E-state index >= 15 is 0 Å². The molecule has 5 nitrogen and oxygen atoms in total. The highest BCUT2D eigenvalue weighted by Gasteiger charge is 2.48. The zero-order chi connectivity index (χ0) is 38.9. The number of furan rings is 1. The minimum Gasteiger partial charge on any atom is -0.486 e. The molecule has 0 aliphatic carbocycles. The van der Waals surface area contributed by atoms with E-state index in [-0.39, 0.29) is 23.0 Å². The quantitative estimate of drug-likeness (QED) is 0.166. The average Bonchev–Trinajstić information content (AvgIpc) is 3.49. The summed E-state index contributed by atoms with van der Waals surface area (Å²) in [4.78, 5) is 4.99. The van der Waals surface area contributed by atoms with Crippen LogP contribution >= 0.6 is 0 Å². The van der Waals surface area contributed by atoms with Crippen LogP contribution in [0.15, 0.2) is 83.3 Å². The van der Waals surface area contributed by atoms with Crippen molar-refractivity contribution in [3.05, 3.63) is 112 Å². The second-order valence-electron chi connectivity index (χ2n) is 19.1. The Labute approximate surface area is 327 Å². The van der Waals surface area contributed by atoms with Crippen molar-refractivity contribution in [2.75, 3.05) is 23.0 Å². The van der Waals surface area contributed by atoms with Gasteiger partial charge in [0.25, 0.3) is 6.71 Å². The first-order valence-electron chi connectivity index (χ1n) is 19.9. The molecule has 55 heavy (non-hydrogen) atoms. The van der Waals surface area contributed by atoms with Gasteiger partial charge in [0.2, 0.25) is 0 Å². The van der Waals surface area contributed by atoms with Crippen LogP contribution in [-0.2, 0) is 16.2 Å². The highest BCUT2D eigenvalue weighted by atomic mass is 16.6. The molecule has 6 heteroatoms. The maximum Gasteiger partial charge on any atom is 0.297 e. The molecule has 9 rings (SSSR count). The van der Waals surface area contributed by atoms with Gasteiger partial charge in [-0.3, -0.25) is 0 Å². The van der Waals surface area contributed by atoms with Gasteiger partial charge in [-0.2, -0.15) is 0 Å². The van der Waals surface area contributed by atoms with E-state index in [1.165, 1.54) is 50.2 Å². The number of ether oxygens (including phenoxy) is 2. The second-order valence-corrected chi connectivity index (χ2v) is 19.1. The van der Waals surface area contributed by atoms with Crippen LogP contribution in [0.1, 0.15) is 95.7 Å². The summed E-state index contributed by atoms with van der Waals surface area (Å²) in [5.74, 6) is 1.63. The van der Waals surface area contributed by atoms with Crippen molar-refractivity contribution in [1.82, 2.24) is 0 Å². The topological polar surface area (TPSA) is 38.1 Å². The minimum atomic E-state index is -0.123. The Morgan fingerprint density at radius 1 is 0.582 bits per heavy atom. The summed E-state index contributed by atoms with van der Waals surface area (Å²) < 4.78 is 19.8. The first kappa shape index (κ1) is 35.6. The summed E-state index contributed by atoms with van der Waals surface area (Å²) in [7, 11) is 0. The smallest absolute Gasteiger partial charge is 0.297 e. The first-order chi connectivity index (χ1) is 25.9. The Hall–Kier alpha value is -5.10. The molecule has 0 atom stereocenters. The monoisotopic (exact) mass is 728 g/mol. The molecule has 6 aromatic rings. The van der Waals surface area contributed by atoms with E-state index in [4.69, 9.17) is 13.9 Å². The van der Waals surface area contributed by atoms with Gasteiger partial charge in [-0.05, 0) is 124 Å². The third kappa shape index (κ3) is 5.50. The van der Waals surface area contributed by atoms with Crippen LogP contribution in [0.3, 0.4) is 0 Å². The van der Waals surface area contributed by atoms with Crippen molar-refractivity contribution in [3.63, 3.8) is 0 Å². The van der Waals surface area contributed by atoms with Crippen LogP contribution in [0.25, 0.3) is 11.0 Å². The molecule has 3 aliphatic heterocycles. The Balaban J connectivity index is 1.41. The Kier molecular flexibility index (Phi) is 7.74. The molecule has 4 heterocycles. The summed E-state index contributed by atoms with van der Waals surface area (Å²) >= 11 is 0. The minimum absolute atomic E-state index is 0.0373. The SMILES string of the molecule is Cc1cc2c3c(c1)N(c1c(C)cc4c(c1C)OCCO4)c1c(oc4ccc(C(C)(C)C)cc14)B3c1cc(C(C)(C)C)ccc1N2c1ccc(C(C)(C)C)cc1. The van der Waals surface area contributed by atoms with Crippen molar-refractivity contribution in [2.45, 2.75) is 99.3 Å². The van der Waals surface area contributed by atoms with E-state index in [9.17, 15) is 0 Å². The zero-order valence-electron chi connectivity index (χ0n) is 34.6. The van der Waals surface area contributed by atoms with Crippen molar-refractivity contribution < 1.29 is 13.9 Å². The number of hydrogen-bond donors (Lipinski definition) is 0. The molecule has 0 bridgehead atoms. The van der Waals surface area contributed by atoms with Crippen LogP contribution in [-0.4, -0.2) is 19.9 Å². The highest BCUT2D eigenvalue weighted by Crippen LogP contribution is 2.52. The maximum atomic E-state index is 7.24. The molecule has 0 saturated heterocycles. The molecular formula is C49H53BN2O3. The van der Waals surface area contributed by atoms with Gasteiger partial charge in [-0.1, -0.05) is 92.6 Å². The van der Waals surface area contributed by atoms with E-state index in [1.807, 2.05) is 0 Å². The second kappa shape index (κ2) is 12.0. The lowest BCUT2D eigenvalue weighted by Crippen LogP contribution is -2.61. The number of aryl methyl sites for hydroxylation is 2. The number of anilines is 6. The van der Waals surface area contributed by atoms with E-state index in [1.54, 1.807) is 0 Å². The molecule has 0 radical (unpaired) electrons. The Morgan fingerprint density at radius 2 is 1.18 bits per heavy atom. The van der Waals surface area contributed by atoms with E-state index in [2.05, 4.69) is 172 Å². The number of fused-ring (bicyclic) bond motifs is 7. The van der Waals surface area contributed by atoms with Gasteiger partial charge in [0, 0.05) is 33.7 Å². The van der Waals surface area contributed by atoms with Crippen molar-refractivity contribution >= 4 is 68.4 Å². The van der Waals surface area contributed by atoms with Gasteiger partial charge < -0.3 is 23.7 Å². The Bertz CT molecular complexity index is 2540. The lowest BCUT2D eigenvalue weighted by molar-refractivity contribution is 0.170. The van der Waals surface area contributed by atoms with Gasteiger partial charge in [0.05, 0.1) is 17.0 Å².